The molecule has 2 rings (SSSR count). The number of rotatable bonds is 3. The molecule has 1 heterocycles. The molecule has 2 aliphatic rings. The molecule has 0 aromatic carbocycles. The molecular weight excluding hydrogens is 200 g/mol. The van der Waals surface area contributed by atoms with E-state index in [1.54, 1.807) is 0 Å². The zero-order valence-corrected chi connectivity index (χ0v) is 10.9. The first-order valence-electron chi connectivity index (χ1n) is 6.71. The van der Waals surface area contributed by atoms with Gasteiger partial charge in [-0.05, 0) is 39.2 Å². The van der Waals surface area contributed by atoms with Crippen LogP contribution in [0.5, 0.6) is 0 Å². The van der Waals surface area contributed by atoms with Gasteiger partial charge in [0, 0.05) is 25.2 Å². The van der Waals surface area contributed by atoms with Crippen molar-refractivity contribution in [2.24, 2.45) is 5.92 Å². The largest absolute Gasteiger partial charge is 0.374 e. The van der Waals surface area contributed by atoms with E-state index in [-0.39, 0.29) is 0 Å². The zero-order chi connectivity index (χ0) is 11.5. The van der Waals surface area contributed by atoms with E-state index in [1.165, 1.54) is 19.3 Å². The summed E-state index contributed by atoms with van der Waals surface area (Å²) in [5.41, 5.74) is 0. The number of nitrogens with zero attached hydrogens (tertiary/aromatic N) is 1. The smallest absolute Gasteiger partial charge is 0.0852 e. The van der Waals surface area contributed by atoms with Crippen LogP contribution in [0, 0.1) is 5.92 Å². The summed E-state index contributed by atoms with van der Waals surface area (Å²) in [7, 11) is 2.18. The molecule has 2 fully saturated rings. The van der Waals surface area contributed by atoms with Crippen molar-refractivity contribution in [1.82, 2.24) is 10.2 Å². The summed E-state index contributed by atoms with van der Waals surface area (Å²) in [6.07, 6.45) is 4.44. The maximum absolute atomic E-state index is 5.84. The molecule has 1 N–H and O–H groups in total. The Balaban J connectivity index is 1.76. The Kier molecular flexibility index (Phi) is 4.22. The van der Waals surface area contributed by atoms with Crippen LogP contribution in [0.3, 0.4) is 0 Å². The highest BCUT2D eigenvalue weighted by Gasteiger charge is 2.28. The van der Waals surface area contributed by atoms with Crippen LogP contribution in [-0.2, 0) is 4.74 Å². The van der Waals surface area contributed by atoms with E-state index in [0.717, 1.165) is 31.7 Å². The third kappa shape index (κ3) is 3.19. The first-order chi connectivity index (χ1) is 7.65. The first-order valence-corrected chi connectivity index (χ1v) is 6.71. The summed E-state index contributed by atoms with van der Waals surface area (Å²) >= 11 is 0. The van der Waals surface area contributed by atoms with Crippen LogP contribution >= 0.6 is 0 Å². The van der Waals surface area contributed by atoms with Crippen molar-refractivity contribution >= 4 is 0 Å². The average Bonchev–Trinajstić information content (AvgIpc) is 2.64. The fraction of sp³-hybridized carbons (Fsp3) is 1.00. The van der Waals surface area contributed by atoms with Crippen LogP contribution in [0.15, 0.2) is 0 Å². The highest BCUT2D eigenvalue weighted by molar-refractivity contribution is 4.85. The van der Waals surface area contributed by atoms with Gasteiger partial charge in [0.1, 0.15) is 0 Å². The summed E-state index contributed by atoms with van der Waals surface area (Å²) in [6.45, 7) is 7.65. The Labute approximate surface area is 99.5 Å². The number of nitrogens with one attached hydrogen (secondary N) is 1. The molecule has 94 valence electrons. The van der Waals surface area contributed by atoms with E-state index >= 15 is 0 Å². The van der Waals surface area contributed by atoms with E-state index < -0.39 is 0 Å². The Morgan fingerprint density at radius 1 is 1.38 bits per heavy atom. The summed E-state index contributed by atoms with van der Waals surface area (Å²) in [5.74, 6) is 0.902. The Morgan fingerprint density at radius 2 is 2.19 bits per heavy atom. The van der Waals surface area contributed by atoms with Gasteiger partial charge in [0.15, 0.2) is 0 Å². The van der Waals surface area contributed by atoms with E-state index in [9.17, 15) is 0 Å². The topological polar surface area (TPSA) is 24.5 Å². The van der Waals surface area contributed by atoms with Gasteiger partial charge in [-0.3, -0.25) is 0 Å². The number of morpholine rings is 1. The van der Waals surface area contributed by atoms with Gasteiger partial charge in [-0.2, -0.15) is 0 Å². The van der Waals surface area contributed by atoms with Gasteiger partial charge in [0.05, 0.1) is 12.7 Å². The molecule has 16 heavy (non-hydrogen) atoms. The second-order valence-corrected chi connectivity index (χ2v) is 5.74. The Bertz CT molecular complexity index is 222. The molecular formula is C13H26N2O. The van der Waals surface area contributed by atoms with Gasteiger partial charge in [0.25, 0.3) is 0 Å². The minimum absolute atomic E-state index is 0.370. The Morgan fingerprint density at radius 3 is 2.81 bits per heavy atom. The molecule has 0 aromatic rings. The van der Waals surface area contributed by atoms with E-state index in [1.807, 2.05) is 0 Å². The van der Waals surface area contributed by atoms with Crippen LogP contribution in [0.1, 0.15) is 33.1 Å². The van der Waals surface area contributed by atoms with Crippen LogP contribution < -0.4 is 5.32 Å². The fourth-order valence-corrected chi connectivity index (χ4v) is 2.95. The molecule has 0 radical (unpaired) electrons. The predicted molar refractivity (Wildman–Crippen MR) is 66.6 cm³/mol. The van der Waals surface area contributed by atoms with Crippen molar-refractivity contribution in [2.45, 2.75) is 51.3 Å². The standard InChI is InChI=1S/C13H26N2O/c1-10-4-5-12(8-10)14-11(2)13-9-15(3)6-7-16-13/h10-14H,4-9H2,1-3H3. The number of likely N-dealkylation sites (N-methyl/N-ethyl adjacent to an activating group) is 1. The minimum atomic E-state index is 0.370. The lowest BCUT2D eigenvalue weighted by molar-refractivity contribution is -0.0370. The fourth-order valence-electron chi connectivity index (χ4n) is 2.95. The SMILES string of the molecule is CC1CCC(NC(C)C2CN(C)CCO2)C1. The molecule has 0 bridgehead atoms. The quantitative estimate of drug-likeness (QED) is 0.789. The molecule has 3 nitrogen and oxygen atoms in total. The first kappa shape index (κ1) is 12.3. The second-order valence-electron chi connectivity index (χ2n) is 5.74. The summed E-state index contributed by atoms with van der Waals surface area (Å²) < 4.78 is 5.84. The summed E-state index contributed by atoms with van der Waals surface area (Å²) in [6, 6.07) is 1.21. The highest BCUT2D eigenvalue weighted by atomic mass is 16.5. The molecule has 0 spiro atoms. The number of hydrogen-bond acceptors (Lipinski definition) is 3. The molecule has 4 atom stereocenters. The van der Waals surface area contributed by atoms with Crippen molar-refractivity contribution in [3.63, 3.8) is 0 Å². The molecule has 1 saturated carbocycles. The van der Waals surface area contributed by atoms with E-state index in [0.29, 0.717) is 12.1 Å². The van der Waals surface area contributed by atoms with Crippen molar-refractivity contribution in [1.29, 1.82) is 0 Å². The highest BCUT2D eigenvalue weighted by Crippen LogP contribution is 2.25. The maximum atomic E-state index is 5.84. The van der Waals surface area contributed by atoms with Gasteiger partial charge in [-0.25, -0.2) is 0 Å². The van der Waals surface area contributed by atoms with Crippen LogP contribution in [0.2, 0.25) is 0 Å². The van der Waals surface area contributed by atoms with Crippen molar-refractivity contribution < 1.29 is 4.74 Å². The number of hydrogen-bond donors (Lipinski definition) is 1. The van der Waals surface area contributed by atoms with E-state index in [4.69, 9.17) is 4.74 Å². The zero-order valence-electron chi connectivity index (χ0n) is 10.9. The molecule has 4 unspecified atom stereocenters. The predicted octanol–water partition coefficient (Wildman–Crippen LogP) is 1.48. The minimum Gasteiger partial charge on any atom is -0.374 e. The second kappa shape index (κ2) is 5.48. The number of ether oxygens (including phenoxy) is 1. The molecule has 3 heteroatoms. The lowest BCUT2D eigenvalue weighted by Crippen LogP contribution is -2.51. The van der Waals surface area contributed by atoms with Gasteiger partial charge >= 0.3 is 0 Å². The van der Waals surface area contributed by atoms with Crippen molar-refractivity contribution in [3.05, 3.63) is 0 Å². The summed E-state index contributed by atoms with van der Waals surface area (Å²) in [5, 5.41) is 3.75. The van der Waals surface area contributed by atoms with Gasteiger partial charge < -0.3 is 15.0 Å². The van der Waals surface area contributed by atoms with Crippen LogP contribution in [0.4, 0.5) is 0 Å². The van der Waals surface area contributed by atoms with Crippen molar-refractivity contribution in [3.8, 4) is 0 Å². The molecule has 1 saturated heterocycles. The van der Waals surface area contributed by atoms with Crippen molar-refractivity contribution in [2.75, 3.05) is 26.7 Å². The van der Waals surface area contributed by atoms with Gasteiger partial charge in [0.2, 0.25) is 0 Å². The normalized spacial score (nSPS) is 38.8. The third-order valence-corrected chi connectivity index (χ3v) is 4.05. The maximum Gasteiger partial charge on any atom is 0.0852 e. The molecule has 0 amide bonds. The van der Waals surface area contributed by atoms with Gasteiger partial charge in [-0.1, -0.05) is 6.92 Å². The average molecular weight is 226 g/mol. The summed E-state index contributed by atoms with van der Waals surface area (Å²) in [4.78, 5) is 2.36. The third-order valence-electron chi connectivity index (χ3n) is 4.05. The molecule has 0 aromatic heterocycles. The molecule has 1 aliphatic heterocycles. The lowest BCUT2D eigenvalue weighted by atomic mass is 10.1. The molecule has 1 aliphatic carbocycles. The monoisotopic (exact) mass is 226 g/mol. The Hall–Kier alpha value is -0.120. The van der Waals surface area contributed by atoms with Crippen LogP contribution in [-0.4, -0.2) is 49.8 Å². The van der Waals surface area contributed by atoms with Crippen LogP contribution in [0.25, 0.3) is 0 Å². The van der Waals surface area contributed by atoms with Gasteiger partial charge in [-0.15, -0.1) is 0 Å². The lowest BCUT2D eigenvalue weighted by Gasteiger charge is -2.35. The van der Waals surface area contributed by atoms with E-state index in [2.05, 4.69) is 31.1 Å².